The first-order chi connectivity index (χ1) is 11.7. The van der Waals surface area contributed by atoms with E-state index >= 15 is 0 Å². The molecule has 3 amide bonds. The number of hydrogen-bond acceptors (Lipinski definition) is 4. The zero-order valence-corrected chi connectivity index (χ0v) is 16.1. The van der Waals surface area contributed by atoms with Crippen molar-refractivity contribution in [3.8, 4) is 0 Å². The smallest absolute Gasteiger partial charge is 0.311 e. The Kier molecular flexibility index (Phi) is 6.43. The molecular weight excluding hydrogens is 320 g/mol. The molecule has 0 aromatic carbocycles. The highest BCUT2D eigenvalue weighted by molar-refractivity contribution is 6.35. The Balaban J connectivity index is 1.86. The van der Waals surface area contributed by atoms with E-state index in [4.69, 9.17) is 0 Å². The van der Waals surface area contributed by atoms with Gasteiger partial charge in [0.2, 0.25) is 5.91 Å². The number of hydrogen-bond donors (Lipinski definition) is 1. The highest BCUT2D eigenvalue weighted by Crippen LogP contribution is 2.19. The summed E-state index contributed by atoms with van der Waals surface area (Å²) in [4.78, 5) is 42.5. The summed E-state index contributed by atoms with van der Waals surface area (Å²) < 4.78 is 0. The second-order valence-corrected chi connectivity index (χ2v) is 7.68. The second-order valence-electron chi connectivity index (χ2n) is 7.68. The average Bonchev–Trinajstić information content (AvgIpc) is 3.36. The van der Waals surface area contributed by atoms with Gasteiger partial charge in [0, 0.05) is 44.3 Å². The molecule has 1 heterocycles. The minimum absolute atomic E-state index is 0.122. The molecule has 1 N–H and O–H groups in total. The summed E-state index contributed by atoms with van der Waals surface area (Å²) in [5.41, 5.74) is 0. The summed E-state index contributed by atoms with van der Waals surface area (Å²) in [6, 6.07) is 0.281. The van der Waals surface area contributed by atoms with Gasteiger partial charge in [-0.3, -0.25) is 19.3 Å². The summed E-state index contributed by atoms with van der Waals surface area (Å²) in [6.07, 6.45) is 1.93. The van der Waals surface area contributed by atoms with Crippen LogP contribution in [-0.4, -0.2) is 82.8 Å². The van der Waals surface area contributed by atoms with E-state index < -0.39 is 11.8 Å². The lowest BCUT2D eigenvalue weighted by Crippen LogP contribution is -2.58. The van der Waals surface area contributed by atoms with Gasteiger partial charge in [0.15, 0.2) is 0 Å². The van der Waals surface area contributed by atoms with Crippen LogP contribution in [0.2, 0.25) is 0 Å². The number of carbonyl (C=O) groups is 3. The van der Waals surface area contributed by atoms with Gasteiger partial charge in [-0.25, -0.2) is 0 Å². The summed E-state index contributed by atoms with van der Waals surface area (Å²) in [6.45, 7) is 12.2. The first-order valence-corrected chi connectivity index (χ1v) is 9.38. The summed E-state index contributed by atoms with van der Waals surface area (Å²) in [7, 11) is 0. The lowest BCUT2D eigenvalue weighted by Gasteiger charge is -2.40. The molecule has 7 heteroatoms. The van der Waals surface area contributed by atoms with Gasteiger partial charge in [0.25, 0.3) is 0 Å². The monoisotopic (exact) mass is 352 g/mol. The molecule has 0 bridgehead atoms. The fourth-order valence-corrected chi connectivity index (χ4v) is 3.41. The maximum atomic E-state index is 12.8. The molecule has 1 aliphatic heterocycles. The van der Waals surface area contributed by atoms with Crippen LogP contribution in [0.1, 0.15) is 47.5 Å². The minimum atomic E-state index is -0.495. The number of piperazine rings is 1. The molecule has 2 aliphatic rings. The van der Waals surface area contributed by atoms with Crippen LogP contribution in [0.5, 0.6) is 0 Å². The molecule has 1 aliphatic carbocycles. The van der Waals surface area contributed by atoms with Crippen molar-refractivity contribution in [1.82, 2.24) is 20.0 Å². The number of rotatable bonds is 5. The molecule has 2 rings (SSSR count). The average molecular weight is 352 g/mol. The first-order valence-electron chi connectivity index (χ1n) is 9.38. The molecule has 1 atom stereocenters. The Hall–Kier alpha value is -1.63. The molecule has 0 aromatic heterocycles. The summed E-state index contributed by atoms with van der Waals surface area (Å²) in [5, 5.41) is 2.74. The molecule has 0 spiro atoms. The fourth-order valence-electron chi connectivity index (χ4n) is 3.41. The first kappa shape index (κ1) is 19.7. The van der Waals surface area contributed by atoms with Gasteiger partial charge in [0.05, 0.1) is 6.04 Å². The molecule has 1 saturated heterocycles. The SMILES string of the molecule is CC(C(=O)N(C(C)C)C(C)C)N1CCN(C(=O)C(=O)NC2CC2)CC1. The fraction of sp³-hybridized carbons (Fsp3) is 0.833. The number of nitrogens with zero attached hydrogens (tertiary/aromatic N) is 3. The maximum Gasteiger partial charge on any atom is 0.311 e. The normalized spacial score (nSPS) is 19.9. The quantitative estimate of drug-likeness (QED) is 0.729. The minimum Gasteiger partial charge on any atom is -0.345 e. The standard InChI is InChI=1S/C18H32N4O3/c1-12(2)22(13(3)4)17(24)14(5)20-8-10-21(11-9-20)18(25)16(23)19-15-6-7-15/h12-15H,6-11H2,1-5H3,(H,19,23). The predicted molar refractivity (Wildman–Crippen MR) is 95.9 cm³/mol. The molecule has 1 saturated carbocycles. The van der Waals surface area contributed by atoms with E-state index in [1.807, 2.05) is 39.5 Å². The number of nitrogens with one attached hydrogen (secondary N) is 1. The van der Waals surface area contributed by atoms with Crippen molar-refractivity contribution in [2.45, 2.75) is 71.6 Å². The zero-order valence-electron chi connectivity index (χ0n) is 16.1. The topological polar surface area (TPSA) is 73.0 Å². The molecule has 1 unspecified atom stereocenters. The van der Waals surface area contributed by atoms with Crippen molar-refractivity contribution in [3.05, 3.63) is 0 Å². The second kappa shape index (κ2) is 8.17. The van der Waals surface area contributed by atoms with Crippen molar-refractivity contribution >= 4 is 17.7 Å². The third-order valence-electron chi connectivity index (χ3n) is 4.98. The molecule has 0 radical (unpaired) electrons. The van der Waals surface area contributed by atoms with Gasteiger partial charge in [0.1, 0.15) is 0 Å². The lowest BCUT2D eigenvalue weighted by atomic mass is 10.1. The highest BCUT2D eigenvalue weighted by atomic mass is 16.2. The van der Waals surface area contributed by atoms with Gasteiger partial charge in [-0.2, -0.15) is 0 Å². The zero-order chi connectivity index (χ0) is 18.7. The molecule has 142 valence electrons. The third kappa shape index (κ3) is 4.93. The van der Waals surface area contributed by atoms with Crippen LogP contribution in [0, 0.1) is 0 Å². The van der Waals surface area contributed by atoms with Crippen LogP contribution >= 0.6 is 0 Å². The summed E-state index contributed by atoms with van der Waals surface area (Å²) >= 11 is 0. The summed E-state index contributed by atoms with van der Waals surface area (Å²) in [5.74, 6) is -0.821. The van der Waals surface area contributed by atoms with Gasteiger partial charge in [-0.15, -0.1) is 0 Å². The number of carbonyl (C=O) groups excluding carboxylic acids is 3. The van der Waals surface area contributed by atoms with E-state index in [1.165, 1.54) is 0 Å². The van der Waals surface area contributed by atoms with Crippen LogP contribution < -0.4 is 5.32 Å². The van der Waals surface area contributed by atoms with Crippen molar-refractivity contribution in [1.29, 1.82) is 0 Å². The van der Waals surface area contributed by atoms with Gasteiger partial charge >= 0.3 is 11.8 Å². The van der Waals surface area contributed by atoms with E-state index in [0.29, 0.717) is 26.2 Å². The molecular formula is C18H32N4O3. The van der Waals surface area contributed by atoms with E-state index in [-0.39, 0.29) is 30.1 Å². The van der Waals surface area contributed by atoms with E-state index in [1.54, 1.807) is 4.90 Å². The molecule has 2 fully saturated rings. The molecule has 25 heavy (non-hydrogen) atoms. The van der Waals surface area contributed by atoms with Gasteiger partial charge < -0.3 is 15.1 Å². The Morgan fingerprint density at radius 3 is 1.88 bits per heavy atom. The van der Waals surface area contributed by atoms with Crippen LogP contribution in [0.3, 0.4) is 0 Å². The Morgan fingerprint density at radius 2 is 1.44 bits per heavy atom. The predicted octanol–water partition coefficient (Wildman–Crippen LogP) is 0.443. The van der Waals surface area contributed by atoms with Crippen LogP contribution in [0.4, 0.5) is 0 Å². The lowest BCUT2D eigenvalue weighted by molar-refractivity contribution is -0.148. The van der Waals surface area contributed by atoms with Gasteiger partial charge in [-0.05, 0) is 47.5 Å². The Labute approximate surface area is 150 Å². The Morgan fingerprint density at radius 1 is 0.920 bits per heavy atom. The van der Waals surface area contributed by atoms with Crippen LogP contribution in [0.25, 0.3) is 0 Å². The third-order valence-corrected chi connectivity index (χ3v) is 4.98. The number of amides is 3. The van der Waals surface area contributed by atoms with Crippen molar-refractivity contribution < 1.29 is 14.4 Å². The van der Waals surface area contributed by atoms with Crippen LogP contribution in [0.15, 0.2) is 0 Å². The maximum absolute atomic E-state index is 12.8. The van der Waals surface area contributed by atoms with Crippen molar-refractivity contribution in [2.75, 3.05) is 26.2 Å². The van der Waals surface area contributed by atoms with Gasteiger partial charge in [-0.1, -0.05) is 0 Å². The van der Waals surface area contributed by atoms with Crippen molar-refractivity contribution in [3.63, 3.8) is 0 Å². The van der Waals surface area contributed by atoms with E-state index in [9.17, 15) is 14.4 Å². The van der Waals surface area contributed by atoms with E-state index in [0.717, 1.165) is 12.8 Å². The largest absolute Gasteiger partial charge is 0.345 e. The highest BCUT2D eigenvalue weighted by Gasteiger charge is 2.34. The van der Waals surface area contributed by atoms with Crippen molar-refractivity contribution in [2.24, 2.45) is 0 Å². The molecule has 0 aromatic rings. The van der Waals surface area contributed by atoms with E-state index in [2.05, 4.69) is 10.2 Å². The van der Waals surface area contributed by atoms with Crippen LogP contribution in [-0.2, 0) is 14.4 Å². The Bertz CT molecular complexity index is 500. The molecule has 7 nitrogen and oxygen atoms in total.